The number of hydrogen-bond acceptors (Lipinski definition) is 3. The van der Waals surface area contributed by atoms with Gasteiger partial charge in [-0.15, -0.1) is 0 Å². The van der Waals surface area contributed by atoms with Crippen molar-refractivity contribution in [3.63, 3.8) is 0 Å². The van der Waals surface area contributed by atoms with Gasteiger partial charge in [-0.1, -0.05) is 15.9 Å². The second-order valence-electron chi connectivity index (χ2n) is 4.12. The molecule has 0 amide bonds. The number of H-pyrrole nitrogens is 1. The average molecular weight is 297 g/mol. The van der Waals surface area contributed by atoms with Crippen molar-refractivity contribution in [2.24, 2.45) is 0 Å². The third-order valence-electron chi connectivity index (χ3n) is 2.26. The zero-order valence-corrected chi connectivity index (χ0v) is 11.5. The maximum Gasteiger partial charge on any atom is 0.269 e. The smallest absolute Gasteiger partial charge is 0.269 e. The third kappa shape index (κ3) is 2.49. The standard InChI is InChI=1S/C12H13BrN2O2/c1-6(2)17-10-5-8(13)4-9-11(10)14-7(3)12(16)15-9/h4-6H,1-3H3,(H,15,16). The molecule has 0 bridgehead atoms. The molecule has 17 heavy (non-hydrogen) atoms. The van der Waals surface area contributed by atoms with E-state index in [-0.39, 0.29) is 11.7 Å². The molecular weight excluding hydrogens is 284 g/mol. The molecule has 0 fully saturated rings. The lowest BCUT2D eigenvalue weighted by Gasteiger charge is -2.12. The van der Waals surface area contributed by atoms with Crippen molar-refractivity contribution in [1.29, 1.82) is 0 Å². The summed E-state index contributed by atoms with van der Waals surface area (Å²) >= 11 is 3.39. The van der Waals surface area contributed by atoms with Crippen LogP contribution >= 0.6 is 15.9 Å². The Morgan fingerprint density at radius 2 is 2.12 bits per heavy atom. The molecule has 0 radical (unpaired) electrons. The lowest BCUT2D eigenvalue weighted by molar-refractivity contribution is 0.245. The average Bonchev–Trinajstić information content (AvgIpc) is 2.20. The number of ether oxygens (including phenoxy) is 1. The highest BCUT2D eigenvalue weighted by molar-refractivity contribution is 9.10. The molecule has 0 saturated carbocycles. The first kappa shape index (κ1) is 12.1. The van der Waals surface area contributed by atoms with Gasteiger partial charge in [-0.05, 0) is 32.9 Å². The highest BCUT2D eigenvalue weighted by Crippen LogP contribution is 2.27. The van der Waals surface area contributed by atoms with E-state index in [0.717, 1.165) is 4.47 Å². The summed E-state index contributed by atoms with van der Waals surface area (Å²) in [5.41, 5.74) is 1.61. The summed E-state index contributed by atoms with van der Waals surface area (Å²) in [5.74, 6) is 0.670. The summed E-state index contributed by atoms with van der Waals surface area (Å²) in [4.78, 5) is 18.6. The number of nitrogens with one attached hydrogen (secondary N) is 1. The number of aromatic amines is 1. The number of hydrogen-bond donors (Lipinski definition) is 1. The normalized spacial score (nSPS) is 11.1. The highest BCUT2D eigenvalue weighted by Gasteiger charge is 2.09. The van der Waals surface area contributed by atoms with Crippen LogP contribution in [0.2, 0.25) is 0 Å². The summed E-state index contributed by atoms with van der Waals surface area (Å²) < 4.78 is 6.54. The molecule has 0 aliphatic rings. The van der Waals surface area contributed by atoms with Crippen molar-refractivity contribution in [1.82, 2.24) is 9.97 Å². The van der Waals surface area contributed by atoms with E-state index < -0.39 is 0 Å². The van der Waals surface area contributed by atoms with Crippen LogP contribution in [-0.2, 0) is 0 Å². The fourth-order valence-electron chi connectivity index (χ4n) is 1.56. The van der Waals surface area contributed by atoms with Crippen LogP contribution in [0.4, 0.5) is 0 Å². The maximum atomic E-state index is 11.5. The Bertz CT molecular complexity index is 620. The predicted octanol–water partition coefficient (Wildman–Crippen LogP) is 2.78. The van der Waals surface area contributed by atoms with E-state index in [2.05, 4.69) is 25.9 Å². The zero-order chi connectivity index (χ0) is 12.6. The summed E-state index contributed by atoms with van der Waals surface area (Å²) in [7, 11) is 0. The van der Waals surface area contributed by atoms with Gasteiger partial charge >= 0.3 is 0 Å². The molecule has 0 atom stereocenters. The fraction of sp³-hybridized carbons (Fsp3) is 0.333. The first-order valence-electron chi connectivity index (χ1n) is 5.34. The third-order valence-corrected chi connectivity index (χ3v) is 2.72. The molecule has 1 heterocycles. The number of halogens is 1. The van der Waals surface area contributed by atoms with Crippen molar-refractivity contribution >= 4 is 27.0 Å². The summed E-state index contributed by atoms with van der Waals surface area (Å²) in [6, 6.07) is 3.67. The van der Waals surface area contributed by atoms with Crippen LogP contribution in [0.15, 0.2) is 21.4 Å². The molecule has 0 aliphatic heterocycles. The van der Waals surface area contributed by atoms with E-state index in [4.69, 9.17) is 4.74 Å². The Kier molecular flexibility index (Phi) is 3.19. The molecule has 0 saturated heterocycles. The number of rotatable bonds is 2. The lowest BCUT2D eigenvalue weighted by atomic mass is 10.2. The van der Waals surface area contributed by atoms with Crippen LogP contribution in [-0.4, -0.2) is 16.1 Å². The molecule has 1 aromatic heterocycles. The Labute approximate surface area is 107 Å². The van der Waals surface area contributed by atoms with Gasteiger partial charge < -0.3 is 9.72 Å². The van der Waals surface area contributed by atoms with Crippen molar-refractivity contribution in [3.8, 4) is 5.75 Å². The lowest BCUT2D eigenvalue weighted by Crippen LogP contribution is -2.13. The summed E-state index contributed by atoms with van der Waals surface area (Å²) in [5, 5.41) is 0. The fourth-order valence-corrected chi connectivity index (χ4v) is 2.00. The zero-order valence-electron chi connectivity index (χ0n) is 9.87. The second-order valence-corrected chi connectivity index (χ2v) is 5.03. The van der Waals surface area contributed by atoms with Gasteiger partial charge in [-0.2, -0.15) is 0 Å². The van der Waals surface area contributed by atoms with Gasteiger partial charge in [-0.3, -0.25) is 4.79 Å². The topological polar surface area (TPSA) is 55.0 Å². The highest BCUT2D eigenvalue weighted by atomic mass is 79.9. The Balaban J connectivity index is 2.73. The van der Waals surface area contributed by atoms with Gasteiger partial charge in [0.05, 0.1) is 11.6 Å². The van der Waals surface area contributed by atoms with Crippen molar-refractivity contribution in [2.45, 2.75) is 26.9 Å². The van der Waals surface area contributed by atoms with Gasteiger partial charge in [-0.25, -0.2) is 4.98 Å². The number of nitrogens with zero attached hydrogens (tertiary/aromatic N) is 1. The molecule has 0 unspecified atom stereocenters. The Morgan fingerprint density at radius 3 is 2.76 bits per heavy atom. The van der Waals surface area contributed by atoms with Crippen molar-refractivity contribution in [3.05, 3.63) is 32.7 Å². The van der Waals surface area contributed by atoms with Crippen molar-refractivity contribution in [2.75, 3.05) is 0 Å². The molecule has 90 valence electrons. The van der Waals surface area contributed by atoms with E-state index in [1.165, 1.54) is 0 Å². The van der Waals surface area contributed by atoms with E-state index >= 15 is 0 Å². The second kappa shape index (κ2) is 4.49. The number of fused-ring (bicyclic) bond motifs is 1. The summed E-state index contributed by atoms with van der Waals surface area (Å²) in [6.07, 6.45) is 0.0570. The van der Waals surface area contributed by atoms with Crippen LogP contribution in [0.25, 0.3) is 11.0 Å². The first-order valence-corrected chi connectivity index (χ1v) is 6.13. The molecule has 0 aliphatic carbocycles. The molecule has 2 rings (SSSR count). The van der Waals surface area contributed by atoms with E-state index in [1.54, 1.807) is 6.92 Å². The van der Waals surface area contributed by atoms with Crippen LogP contribution < -0.4 is 10.3 Å². The quantitative estimate of drug-likeness (QED) is 0.927. The van der Waals surface area contributed by atoms with Crippen LogP contribution in [0, 0.1) is 6.92 Å². The summed E-state index contributed by atoms with van der Waals surface area (Å²) in [6.45, 7) is 5.58. The van der Waals surface area contributed by atoms with Gasteiger partial charge in [0.2, 0.25) is 0 Å². The van der Waals surface area contributed by atoms with E-state index in [9.17, 15) is 4.79 Å². The Hall–Kier alpha value is -1.36. The van der Waals surface area contributed by atoms with Crippen molar-refractivity contribution < 1.29 is 4.74 Å². The van der Waals surface area contributed by atoms with Gasteiger partial charge in [0.1, 0.15) is 17.0 Å². The number of aryl methyl sites for hydroxylation is 1. The van der Waals surface area contributed by atoms with Gasteiger partial charge in [0.15, 0.2) is 0 Å². The molecule has 1 N–H and O–H groups in total. The van der Waals surface area contributed by atoms with Crippen LogP contribution in [0.5, 0.6) is 5.75 Å². The largest absolute Gasteiger partial charge is 0.489 e. The molecule has 4 nitrogen and oxygen atoms in total. The number of benzene rings is 1. The molecule has 5 heteroatoms. The van der Waals surface area contributed by atoms with E-state index in [0.29, 0.717) is 22.5 Å². The molecular formula is C12H13BrN2O2. The van der Waals surface area contributed by atoms with Gasteiger partial charge in [0.25, 0.3) is 5.56 Å². The SMILES string of the molecule is Cc1nc2c(OC(C)C)cc(Br)cc2[nH]c1=O. The van der Waals surface area contributed by atoms with Gasteiger partial charge in [0, 0.05) is 4.47 Å². The van der Waals surface area contributed by atoms with Crippen LogP contribution in [0.1, 0.15) is 19.5 Å². The maximum absolute atomic E-state index is 11.5. The van der Waals surface area contributed by atoms with E-state index in [1.807, 2.05) is 26.0 Å². The monoisotopic (exact) mass is 296 g/mol. The molecule has 1 aromatic carbocycles. The Morgan fingerprint density at radius 1 is 1.41 bits per heavy atom. The minimum Gasteiger partial charge on any atom is -0.489 e. The molecule has 0 spiro atoms. The first-order chi connectivity index (χ1) is 7.97. The minimum atomic E-state index is -0.175. The van der Waals surface area contributed by atoms with Crippen LogP contribution in [0.3, 0.4) is 0 Å². The predicted molar refractivity (Wildman–Crippen MR) is 70.6 cm³/mol. The minimum absolute atomic E-state index is 0.0570. The molecule has 2 aromatic rings. The number of aromatic nitrogens is 2.